The van der Waals surface area contributed by atoms with Crippen molar-refractivity contribution < 1.29 is 4.42 Å². The molecule has 0 unspecified atom stereocenters. The lowest BCUT2D eigenvalue weighted by Gasteiger charge is -2.48. The maximum Gasteiger partial charge on any atom is 0.252 e. The van der Waals surface area contributed by atoms with Gasteiger partial charge in [0.25, 0.3) is 6.71 Å². The Morgan fingerprint density at radius 1 is 0.414 bits per heavy atom. The largest absolute Gasteiger partial charge is 0.456 e. The van der Waals surface area contributed by atoms with Gasteiger partial charge < -0.3 is 14.2 Å². The Balaban J connectivity index is 1.14. The van der Waals surface area contributed by atoms with E-state index in [0.29, 0.717) is 0 Å². The van der Waals surface area contributed by atoms with Crippen LogP contribution in [0.5, 0.6) is 0 Å². The van der Waals surface area contributed by atoms with Crippen LogP contribution in [0.25, 0.3) is 33.1 Å². The summed E-state index contributed by atoms with van der Waals surface area (Å²) in [6, 6.07) is 49.8. The van der Waals surface area contributed by atoms with Gasteiger partial charge in [-0.1, -0.05) is 158 Å². The Bertz CT molecular complexity index is 3470. The molecule has 0 N–H and O–H groups in total. The summed E-state index contributed by atoms with van der Waals surface area (Å²) >= 11 is 0. The van der Waals surface area contributed by atoms with Crippen LogP contribution in [-0.4, -0.2) is 6.71 Å². The number of furan rings is 1. The van der Waals surface area contributed by atoms with E-state index in [1.165, 1.54) is 109 Å². The molecule has 2 aliphatic heterocycles. The van der Waals surface area contributed by atoms with Crippen molar-refractivity contribution in [3.63, 3.8) is 0 Å². The molecule has 2 aliphatic carbocycles. The van der Waals surface area contributed by atoms with Crippen molar-refractivity contribution in [3.8, 4) is 11.1 Å². The highest BCUT2D eigenvalue weighted by atomic mass is 16.3. The molecule has 0 atom stereocenters. The molecule has 12 rings (SSSR count). The third-order valence-electron chi connectivity index (χ3n) is 17.7. The van der Waals surface area contributed by atoms with Gasteiger partial charge in [0.15, 0.2) is 0 Å². The molecule has 3 heterocycles. The van der Waals surface area contributed by atoms with Gasteiger partial charge in [-0.25, -0.2) is 0 Å². The van der Waals surface area contributed by atoms with E-state index in [-0.39, 0.29) is 39.2 Å². The fourth-order valence-corrected chi connectivity index (χ4v) is 12.9. The predicted molar refractivity (Wildman–Crippen MR) is 301 cm³/mol. The standard InChI is InChI=1S/C66H71BN2O/c1-61(2,3)42-22-28-52-54(34-42)69(45-25-27-48-49(37-45)64(9,10)30-29-63(48,7)8)57-36-43(62(4,5)6)35-56-60(57)67(52)53-38-50-51(66(13,14)32-31-65(50,11)12)39-55(53)68(56)44-23-19-40(20-24-44)41-21-26-47-46-17-15-16-18-58(46)70-59(47)33-41/h15-28,33-39H,29-32H2,1-14H3. The Hall–Kier alpha value is -6.00. The first kappa shape index (κ1) is 45.2. The quantitative estimate of drug-likeness (QED) is 0.165. The van der Waals surface area contributed by atoms with Crippen molar-refractivity contribution >= 4 is 79.2 Å². The first-order valence-electron chi connectivity index (χ1n) is 26.2. The molecule has 0 saturated carbocycles. The number of benzene rings is 7. The lowest BCUT2D eigenvalue weighted by Crippen LogP contribution is -2.62. The monoisotopic (exact) mass is 919 g/mol. The number of fused-ring (bicyclic) bond motifs is 9. The number of hydrogen-bond donors (Lipinski definition) is 0. The van der Waals surface area contributed by atoms with Crippen molar-refractivity contribution in [2.24, 2.45) is 0 Å². The van der Waals surface area contributed by atoms with Gasteiger partial charge in [-0.15, -0.1) is 0 Å². The van der Waals surface area contributed by atoms with Crippen molar-refractivity contribution in [3.05, 3.63) is 161 Å². The number of hydrogen-bond acceptors (Lipinski definition) is 3. The minimum atomic E-state index is -0.116. The summed E-state index contributed by atoms with van der Waals surface area (Å²) in [5.74, 6) is 0. The Morgan fingerprint density at radius 3 is 1.57 bits per heavy atom. The van der Waals surface area contributed by atoms with E-state index in [9.17, 15) is 0 Å². The van der Waals surface area contributed by atoms with Crippen molar-refractivity contribution in [1.82, 2.24) is 0 Å². The van der Waals surface area contributed by atoms with Crippen LogP contribution in [-0.2, 0) is 32.5 Å². The highest BCUT2D eigenvalue weighted by Gasteiger charge is 2.48. The van der Waals surface area contributed by atoms with Crippen LogP contribution in [0.1, 0.15) is 156 Å². The molecule has 7 aromatic carbocycles. The van der Waals surface area contributed by atoms with E-state index in [1.807, 2.05) is 6.07 Å². The van der Waals surface area contributed by atoms with Crippen molar-refractivity contribution in [2.45, 2.75) is 155 Å². The third kappa shape index (κ3) is 6.82. The SMILES string of the molecule is CC(C)(C)c1ccc2c(c1)N(c1ccc3c(c1)C(C)(C)CCC3(C)C)c1cc(C(C)(C)C)cc3c1B2c1cc2c(cc1N3c1ccc(-c3ccc4c(c3)oc3ccccc34)cc1)C(C)(C)CCC2(C)C. The summed E-state index contributed by atoms with van der Waals surface area (Å²) in [4.78, 5) is 5.33. The molecule has 0 radical (unpaired) electrons. The normalized spacial score (nSPS) is 18.3. The van der Waals surface area contributed by atoms with Gasteiger partial charge >= 0.3 is 0 Å². The van der Waals surface area contributed by atoms with Crippen molar-refractivity contribution in [2.75, 3.05) is 9.80 Å². The molecule has 4 heteroatoms. The molecule has 3 nitrogen and oxygen atoms in total. The summed E-state index contributed by atoms with van der Waals surface area (Å²) in [6.45, 7) is 34.0. The second-order valence-electron chi connectivity index (χ2n) is 26.4. The van der Waals surface area contributed by atoms with Gasteiger partial charge in [0, 0.05) is 44.9 Å². The fraction of sp³-hybridized carbons (Fsp3) is 0.364. The van der Waals surface area contributed by atoms with E-state index in [0.717, 1.165) is 33.9 Å². The van der Waals surface area contributed by atoms with Crippen LogP contribution in [0.2, 0.25) is 0 Å². The summed E-state index contributed by atoms with van der Waals surface area (Å²) in [6.07, 6.45) is 4.70. The van der Waals surface area contributed by atoms with E-state index in [2.05, 4.69) is 228 Å². The molecule has 0 saturated heterocycles. The second kappa shape index (κ2) is 14.8. The van der Waals surface area contributed by atoms with E-state index < -0.39 is 0 Å². The number of anilines is 6. The third-order valence-corrected chi connectivity index (χ3v) is 17.7. The maximum atomic E-state index is 6.39. The highest BCUT2D eigenvalue weighted by molar-refractivity contribution is 7.00. The zero-order valence-electron chi connectivity index (χ0n) is 44.3. The molecular weight excluding hydrogens is 848 g/mol. The Morgan fingerprint density at radius 2 is 0.929 bits per heavy atom. The minimum Gasteiger partial charge on any atom is -0.456 e. The van der Waals surface area contributed by atoms with Crippen LogP contribution in [0.15, 0.2) is 132 Å². The van der Waals surface area contributed by atoms with Crippen LogP contribution in [0.3, 0.4) is 0 Å². The van der Waals surface area contributed by atoms with Crippen LogP contribution >= 0.6 is 0 Å². The fourth-order valence-electron chi connectivity index (χ4n) is 12.9. The molecule has 0 fully saturated rings. The predicted octanol–water partition coefficient (Wildman–Crippen LogP) is 16.6. The highest BCUT2D eigenvalue weighted by Crippen LogP contribution is 2.53. The lowest BCUT2D eigenvalue weighted by atomic mass is 9.33. The summed E-state index contributed by atoms with van der Waals surface area (Å²) in [5.41, 5.74) is 24.8. The Labute approximate surface area is 418 Å². The van der Waals surface area contributed by atoms with Crippen LogP contribution in [0, 0.1) is 0 Å². The minimum absolute atomic E-state index is 0.0266. The molecule has 8 aromatic rings. The molecule has 0 bridgehead atoms. The van der Waals surface area contributed by atoms with Gasteiger partial charge in [-0.3, -0.25) is 0 Å². The van der Waals surface area contributed by atoms with E-state index in [4.69, 9.17) is 4.42 Å². The maximum absolute atomic E-state index is 6.39. The van der Waals surface area contributed by atoms with Crippen LogP contribution < -0.4 is 26.2 Å². The molecular formula is C66H71BN2O. The first-order valence-corrected chi connectivity index (χ1v) is 26.2. The summed E-state index contributed by atoms with van der Waals surface area (Å²) < 4.78 is 6.39. The van der Waals surface area contributed by atoms with Gasteiger partial charge in [0.1, 0.15) is 11.2 Å². The Kier molecular flexibility index (Phi) is 9.54. The van der Waals surface area contributed by atoms with E-state index >= 15 is 0 Å². The van der Waals surface area contributed by atoms with E-state index in [1.54, 1.807) is 0 Å². The van der Waals surface area contributed by atoms with Gasteiger partial charge in [-0.05, 0) is 186 Å². The molecule has 354 valence electrons. The average Bonchev–Trinajstić information content (AvgIpc) is 3.69. The molecule has 4 aliphatic rings. The number of rotatable bonds is 3. The zero-order chi connectivity index (χ0) is 49.2. The molecule has 1 aromatic heterocycles. The lowest BCUT2D eigenvalue weighted by molar-refractivity contribution is 0.332. The first-order chi connectivity index (χ1) is 32.9. The zero-order valence-corrected chi connectivity index (χ0v) is 44.3. The van der Waals surface area contributed by atoms with Crippen LogP contribution in [0.4, 0.5) is 34.1 Å². The number of nitrogens with zero attached hydrogens (tertiary/aromatic N) is 2. The van der Waals surface area contributed by atoms with Gasteiger partial charge in [-0.2, -0.15) is 0 Å². The van der Waals surface area contributed by atoms with Gasteiger partial charge in [0.05, 0.1) is 0 Å². The topological polar surface area (TPSA) is 19.6 Å². The molecule has 0 spiro atoms. The molecule has 0 amide bonds. The van der Waals surface area contributed by atoms with Crippen molar-refractivity contribution in [1.29, 1.82) is 0 Å². The summed E-state index contributed by atoms with van der Waals surface area (Å²) in [5, 5.41) is 2.31. The second-order valence-corrected chi connectivity index (χ2v) is 26.4. The smallest absolute Gasteiger partial charge is 0.252 e. The summed E-state index contributed by atoms with van der Waals surface area (Å²) in [7, 11) is 0. The molecule has 70 heavy (non-hydrogen) atoms. The van der Waals surface area contributed by atoms with Gasteiger partial charge in [0.2, 0.25) is 0 Å². The average molecular weight is 919 g/mol. The number of para-hydroxylation sites is 1.